The molecular weight excluding hydrogens is 380 g/mol. The van der Waals surface area contributed by atoms with Crippen molar-refractivity contribution >= 4 is 22.8 Å². The van der Waals surface area contributed by atoms with E-state index in [1.807, 2.05) is 41.3 Å². The molecule has 6 heteroatoms. The van der Waals surface area contributed by atoms with Crippen molar-refractivity contribution in [2.45, 2.75) is 24.8 Å². The van der Waals surface area contributed by atoms with E-state index in [0.29, 0.717) is 13.0 Å². The summed E-state index contributed by atoms with van der Waals surface area (Å²) in [5.41, 5.74) is 4.41. The third-order valence-electron chi connectivity index (χ3n) is 6.59. The smallest absolute Gasteiger partial charge is 0.318 e. The van der Waals surface area contributed by atoms with Gasteiger partial charge in [0.1, 0.15) is 11.7 Å². The van der Waals surface area contributed by atoms with E-state index < -0.39 is 11.9 Å². The summed E-state index contributed by atoms with van der Waals surface area (Å²) in [7, 11) is 2.96. The molecule has 0 spiro atoms. The van der Waals surface area contributed by atoms with Gasteiger partial charge in [-0.2, -0.15) is 0 Å². The molecule has 1 amide bonds. The molecule has 0 unspecified atom stereocenters. The lowest BCUT2D eigenvalue weighted by Crippen LogP contribution is -2.51. The van der Waals surface area contributed by atoms with Crippen LogP contribution >= 0.6 is 0 Å². The van der Waals surface area contributed by atoms with Crippen LogP contribution in [-0.4, -0.2) is 42.5 Å². The van der Waals surface area contributed by atoms with Gasteiger partial charge in [0.2, 0.25) is 5.91 Å². The number of esters is 1. The van der Waals surface area contributed by atoms with Crippen molar-refractivity contribution in [2.24, 2.45) is 5.92 Å². The molecular formula is C24H24N2O4. The predicted molar refractivity (Wildman–Crippen MR) is 112 cm³/mol. The summed E-state index contributed by atoms with van der Waals surface area (Å²) in [6.07, 6.45) is 1.44. The Morgan fingerprint density at radius 3 is 2.60 bits per heavy atom. The van der Waals surface area contributed by atoms with Crippen LogP contribution in [-0.2, 0) is 20.7 Å². The van der Waals surface area contributed by atoms with Gasteiger partial charge >= 0.3 is 5.97 Å². The van der Waals surface area contributed by atoms with E-state index in [1.165, 1.54) is 18.1 Å². The number of benzene rings is 2. The molecule has 0 saturated carbocycles. The quantitative estimate of drug-likeness (QED) is 0.535. The number of piperidine rings is 1. The molecule has 1 aromatic heterocycles. The van der Waals surface area contributed by atoms with Gasteiger partial charge in [-0.1, -0.05) is 30.3 Å². The molecule has 6 nitrogen and oxygen atoms in total. The third-order valence-corrected chi connectivity index (χ3v) is 6.59. The summed E-state index contributed by atoms with van der Waals surface area (Å²) < 4.78 is 10.3. The molecule has 0 aliphatic carbocycles. The van der Waals surface area contributed by atoms with E-state index in [1.54, 1.807) is 7.11 Å². The van der Waals surface area contributed by atoms with Crippen molar-refractivity contribution in [3.8, 4) is 5.75 Å². The lowest BCUT2D eigenvalue weighted by molar-refractivity contribution is -0.160. The lowest BCUT2D eigenvalue weighted by atomic mass is 9.74. The maximum Gasteiger partial charge on any atom is 0.318 e. The number of carbonyl (C=O) groups is 2. The van der Waals surface area contributed by atoms with Crippen molar-refractivity contribution in [1.82, 2.24) is 9.88 Å². The van der Waals surface area contributed by atoms with Crippen LogP contribution in [0.5, 0.6) is 5.75 Å². The van der Waals surface area contributed by atoms with Gasteiger partial charge in [-0.05, 0) is 42.2 Å². The molecule has 0 bridgehead atoms. The first kappa shape index (κ1) is 18.7. The van der Waals surface area contributed by atoms with Crippen LogP contribution in [0.15, 0.2) is 48.5 Å². The van der Waals surface area contributed by atoms with Crippen LogP contribution in [0.25, 0.3) is 10.9 Å². The molecule has 0 radical (unpaired) electrons. The fourth-order valence-electron chi connectivity index (χ4n) is 5.13. The molecule has 3 aromatic rings. The summed E-state index contributed by atoms with van der Waals surface area (Å²) >= 11 is 0. The Bertz CT molecular complexity index is 1120. The van der Waals surface area contributed by atoms with Crippen LogP contribution in [0.1, 0.15) is 35.2 Å². The summed E-state index contributed by atoms with van der Waals surface area (Å²) in [6.45, 7) is 0.612. The van der Waals surface area contributed by atoms with Gasteiger partial charge < -0.3 is 19.4 Å². The van der Waals surface area contributed by atoms with Crippen LogP contribution in [0.4, 0.5) is 0 Å². The average molecular weight is 404 g/mol. The summed E-state index contributed by atoms with van der Waals surface area (Å²) in [6, 6.07) is 15.8. The zero-order valence-corrected chi connectivity index (χ0v) is 17.1. The van der Waals surface area contributed by atoms with E-state index in [2.05, 4.69) is 17.1 Å². The number of para-hydroxylation sites is 1. The number of aromatic nitrogens is 1. The third kappa shape index (κ3) is 2.78. The Morgan fingerprint density at radius 1 is 1.10 bits per heavy atom. The summed E-state index contributed by atoms with van der Waals surface area (Å²) in [4.78, 5) is 31.5. The second-order valence-corrected chi connectivity index (χ2v) is 7.98. The number of carbonyl (C=O) groups excluding carboxylic acids is 2. The number of amides is 1. The Labute approximate surface area is 174 Å². The largest absolute Gasteiger partial charge is 0.497 e. The second kappa shape index (κ2) is 7.20. The number of ether oxygens (including phenoxy) is 2. The predicted octanol–water partition coefficient (Wildman–Crippen LogP) is 3.58. The van der Waals surface area contributed by atoms with E-state index in [4.69, 9.17) is 9.47 Å². The van der Waals surface area contributed by atoms with Gasteiger partial charge in [0.15, 0.2) is 0 Å². The van der Waals surface area contributed by atoms with Gasteiger partial charge in [0.05, 0.1) is 20.3 Å². The first-order valence-corrected chi connectivity index (χ1v) is 10.2. The maximum absolute atomic E-state index is 13.5. The van der Waals surface area contributed by atoms with Crippen molar-refractivity contribution < 1.29 is 19.1 Å². The molecule has 154 valence electrons. The minimum atomic E-state index is -0.828. The highest BCUT2D eigenvalue weighted by Crippen LogP contribution is 2.47. The molecule has 2 aromatic carbocycles. The lowest BCUT2D eigenvalue weighted by Gasteiger charge is -2.45. The molecule has 30 heavy (non-hydrogen) atoms. The molecule has 2 aliphatic heterocycles. The molecule has 3 atom stereocenters. The Hall–Kier alpha value is -3.28. The molecule has 5 rings (SSSR count). The highest BCUT2D eigenvalue weighted by molar-refractivity contribution is 6.00. The Kier molecular flexibility index (Phi) is 4.50. The normalized spacial score (nSPS) is 23.1. The van der Waals surface area contributed by atoms with Crippen molar-refractivity contribution in [2.75, 3.05) is 20.8 Å². The van der Waals surface area contributed by atoms with Gasteiger partial charge in [-0.25, -0.2) is 0 Å². The highest BCUT2D eigenvalue weighted by atomic mass is 16.5. The molecule has 2 aliphatic rings. The van der Waals surface area contributed by atoms with Crippen LogP contribution < -0.4 is 4.74 Å². The SMILES string of the molecule is COC(=O)[C@@H]1C(=O)N2CCc3c([nH]c4ccccc34)[C@@H]2C[C@H]1c1ccc(OC)cc1. The Morgan fingerprint density at radius 2 is 1.87 bits per heavy atom. The zero-order chi connectivity index (χ0) is 20.8. The van der Waals surface area contributed by atoms with E-state index >= 15 is 0 Å². The summed E-state index contributed by atoms with van der Waals surface area (Å²) in [5.74, 6) is -0.960. The van der Waals surface area contributed by atoms with Crippen molar-refractivity contribution in [1.29, 1.82) is 0 Å². The van der Waals surface area contributed by atoms with Gasteiger partial charge in [-0.3, -0.25) is 9.59 Å². The number of fused-ring (bicyclic) bond motifs is 5. The zero-order valence-electron chi connectivity index (χ0n) is 17.1. The van der Waals surface area contributed by atoms with Gasteiger partial charge in [0.25, 0.3) is 0 Å². The van der Waals surface area contributed by atoms with Crippen molar-refractivity contribution in [3.05, 3.63) is 65.4 Å². The van der Waals surface area contributed by atoms with Crippen LogP contribution in [0.2, 0.25) is 0 Å². The Balaban J connectivity index is 1.59. The van der Waals surface area contributed by atoms with Gasteiger partial charge in [-0.15, -0.1) is 0 Å². The monoisotopic (exact) mass is 404 g/mol. The fraction of sp³-hybridized carbons (Fsp3) is 0.333. The topological polar surface area (TPSA) is 71.6 Å². The maximum atomic E-state index is 13.5. The molecule has 1 fully saturated rings. The fourth-order valence-corrected chi connectivity index (χ4v) is 5.13. The van der Waals surface area contributed by atoms with E-state index in [0.717, 1.165) is 28.9 Å². The number of nitrogens with one attached hydrogen (secondary N) is 1. The standard InChI is InChI=1S/C24H24N2O4/c1-29-15-9-7-14(8-10-15)18-13-20-22-17(16-5-3-4-6-19(16)25-22)11-12-26(20)23(27)21(18)24(28)30-2/h3-10,18,20-21,25H,11-13H2,1-2H3/t18-,20-,21-/m0/s1. The van der Waals surface area contributed by atoms with Crippen molar-refractivity contribution in [3.63, 3.8) is 0 Å². The summed E-state index contributed by atoms with van der Waals surface area (Å²) in [5, 5.41) is 1.22. The van der Waals surface area contributed by atoms with E-state index in [-0.39, 0.29) is 17.9 Å². The number of aromatic amines is 1. The number of H-pyrrole nitrogens is 1. The minimum Gasteiger partial charge on any atom is -0.497 e. The first-order chi connectivity index (χ1) is 14.6. The molecule has 1 N–H and O–H groups in total. The first-order valence-electron chi connectivity index (χ1n) is 10.2. The number of nitrogens with zero attached hydrogens (tertiary/aromatic N) is 1. The molecule has 3 heterocycles. The van der Waals surface area contributed by atoms with Crippen LogP contribution in [0, 0.1) is 5.92 Å². The minimum absolute atomic E-state index is 0.0818. The van der Waals surface area contributed by atoms with Crippen LogP contribution in [0.3, 0.4) is 0 Å². The number of methoxy groups -OCH3 is 2. The molecule has 1 saturated heterocycles. The van der Waals surface area contributed by atoms with E-state index in [9.17, 15) is 9.59 Å². The number of hydrogen-bond acceptors (Lipinski definition) is 4. The second-order valence-electron chi connectivity index (χ2n) is 7.98. The average Bonchev–Trinajstić information content (AvgIpc) is 3.17. The number of hydrogen-bond donors (Lipinski definition) is 1. The highest BCUT2D eigenvalue weighted by Gasteiger charge is 2.49. The van der Waals surface area contributed by atoms with Gasteiger partial charge in [0, 0.05) is 29.1 Å². The number of rotatable bonds is 3.